The van der Waals surface area contributed by atoms with Crippen molar-refractivity contribution in [1.29, 1.82) is 0 Å². The summed E-state index contributed by atoms with van der Waals surface area (Å²) < 4.78 is 9.69. The first-order chi connectivity index (χ1) is 17.5. The van der Waals surface area contributed by atoms with Crippen LogP contribution in [0.25, 0.3) is 0 Å². The molecule has 2 aromatic carbocycles. The molecule has 0 bridgehead atoms. The maximum Gasteiger partial charge on any atom is 0.305 e. The molecule has 0 amide bonds. The van der Waals surface area contributed by atoms with Gasteiger partial charge >= 0.3 is 11.9 Å². The van der Waals surface area contributed by atoms with Crippen LogP contribution in [0.15, 0.2) is 48.5 Å². The van der Waals surface area contributed by atoms with E-state index in [1.807, 2.05) is 62.4 Å². The van der Waals surface area contributed by atoms with Crippen LogP contribution in [0.1, 0.15) is 112 Å². The third-order valence-electron chi connectivity index (χ3n) is 5.65. The monoisotopic (exact) mass is 554 g/mol. The minimum atomic E-state index is -0.120. The summed E-state index contributed by atoms with van der Waals surface area (Å²) in [6, 6.07) is 14.9. The van der Waals surface area contributed by atoms with E-state index in [0.717, 1.165) is 62.5 Å². The molecular formula is C30H42FeO6-6. The largest absolute Gasteiger partial charge is 0.718 e. The standard InChI is InChI=1S/2C15H21O3.Fe/c2*1-2-18-15(17)12-6-4-3-5-11-14(16)13-9-7-8-10-13;/h2*7-10H,2-6,11-12H2,1H3;/q-5;-1;. The van der Waals surface area contributed by atoms with Gasteiger partial charge in [0.2, 0.25) is 0 Å². The average Bonchev–Trinajstić information content (AvgIpc) is 3.59. The third kappa shape index (κ3) is 17.6. The number of hydrogen-bond donors (Lipinski definition) is 0. The van der Waals surface area contributed by atoms with Gasteiger partial charge < -0.3 is 48.9 Å². The van der Waals surface area contributed by atoms with Crippen molar-refractivity contribution < 1.29 is 45.7 Å². The molecule has 0 aliphatic rings. The first-order valence-corrected chi connectivity index (χ1v) is 13.3. The van der Waals surface area contributed by atoms with Crippen molar-refractivity contribution in [3.63, 3.8) is 0 Å². The van der Waals surface area contributed by atoms with Crippen LogP contribution in [0.4, 0.5) is 0 Å². The molecule has 2 aromatic rings. The summed E-state index contributed by atoms with van der Waals surface area (Å²) in [5.41, 5.74) is 1.61. The second-order valence-corrected chi connectivity index (χ2v) is 8.63. The molecule has 0 aliphatic carbocycles. The average molecular weight is 555 g/mol. The van der Waals surface area contributed by atoms with Crippen LogP contribution in [-0.4, -0.2) is 36.7 Å². The fourth-order valence-electron chi connectivity index (χ4n) is 3.69. The summed E-state index contributed by atoms with van der Waals surface area (Å²) in [6.45, 7) is 4.53. The first-order valence-electron chi connectivity index (χ1n) is 13.3. The Bertz CT molecular complexity index is 783. The molecule has 2 rings (SSSR count). The first kappa shape index (κ1) is 34.5. The quantitative estimate of drug-likeness (QED) is 0.0650. The van der Waals surface area contributed by atoms with Gasteiger partial charge in [0.05, 0.1) is 13.2 Å². The summed E-state index contributed by atoms with van der Waals surface area (Å²) in [4.78, 5) is 45.4. The Hall–Kier alpha value is -2.50. The molecule has 0 spiro atoms. The van der Waals surface area contributed by atoms with E-state index in [0.29, 0.717) is 38.9 Å². The molecular weight excluding hydrogens is 512 g/mol. The topological polar surface area (TPSA) is 86.7 Å². The smallest absolute Gasteiger partial charge is 0.305 e. The van der Waals surface area contributed by atoms with Crippen molar-refractivity contribution in [3.8, 4) is 0 Å². The predicted octanol–water partition coefficient (Wildman–Crippen LogP) is 6.98. The van der Waals surface area contributed by atoms with E-state index in [1.165, 1.54) is 0 Å². The molecule has 0 heterocycles. The van der Waals surface area contributed by atoms with E-state index in [2.05, 4.69) is 0 Å². The number of unbranched alkanes of at least 4 members (excludes halogenated alkanes) is 6. The Balaban J connectivity index is 0.000000682. The van der Waals surface area contributed by atoms with Gasteiger partial charge in [0.25, 0.3) is 0 Å². The van der Waals surface area contributed by atoms with Crippen LogP contribution in [0.2, 0.25) is 0 Å². The van der Waals surface area contributed by atoms with Crippen molar-refractivity contribution >= 4 is 23.5 Å². The van der Waals surface area contributed by atoms with Crippen LogP contribution >= 0.6 is 0 Å². The zero-order valence-corrected chi connectivity index (χ0v) is 23.4. The van der Waals surface area contributed by atoms with Crippen LogP contribution in [0.3, 0.4) is 0 Å². The normalized spacial score (nSPS) is 10.0. The number of ether oxygens (including phenoxy) is 2. The predicted molar refractivity (Wildman–Crippen MR) is 141 cm³/mol. The Morgan fingerprint density at radius 3 is 1.46 bits per heavy atom. The van der Waals surface area contributed by atoms with Crippen molar-refractivity contribution in [1.82, 2.24) is 0 Å². The van der Waals surface area contributed by atoms with E-state index >= 15 is 0 Å². The van der Waals surface area contributed by atoms with Gasteiger partial charge in [0.1, 0.15) is 5.78 Å². The summed E-state index contributed by atoms with van der Waals surface area (Å²) >= 11 is 0. The fraction of sp³-hybridized carbons (Fsp3) is 0.533. The molecule has 0 radical (unpaired) electrons. The minimum Gasteiger partial charge on any atom is -0.718 e. The molecule has 0 N–H and O–H groups in total. The van der Waals surface area contributed by atoms with Crippen LogP contribution in [-0.2, 0) is 36.1 Å². The fourth-order valence-corrected chi connectivity index (χ4v) is 3.69. The summed E-state index contributed by atoms with van der Waals surface area (Å²) in [5, 5.41) is 0. The Kier molecular flexibility index (Phi) is 21.1. The van der Waals surface area contributed by atoms with Crippen molar-refractivity contribution in [2.75, 3.05) is 13.2 Å². The molecule has 0 saturated carbocycles. The van der Waals surface area contributed by atoms with Crippen molar-refractivity contribution in [2.45, 2.75) is 90.9 Å². The Labute approximate surface area is 232 Å². The second-order valence-electron chi connectivity index (χ2n) is 8.63. The summed E-state index contributed by atoms with van der Waals surface area (Å²) in [7, 11) is 0. The van der Waals surface area contributed by atoms with Crippen LogP contribution < -0.4 is 0 Å². The maximum absolute atomic E-state index is 11.7. The molecule has 0 aliphatic heterocycles. The molecule has 0 atom stereocenters. The number of hydrogen-bond acceptors (Lipinski definition) is 6. The minimum absolute atomic E-state index is 0. The van der Waals surface area contributed by atoms with E-state index in [-0.39, 0.29) is 40.6 Å². The van der Waals surface area contributed by atoms with E-state index in [1.54, 1.807) is 0 Å². The zero-order chi connectivity index (χ0) is 26.4. The number of carbonyl (C=O) groups is 4. The molecule has 0 unspecified atom stereocenters. The number of carbonyl (C=O) groups excluding carboxylic acids is 4. The summed E-state index contributed by atoms with van der Waals surface area (Å²) in [5.74, 6) is 0.187. The van der Waals surface area contributed by atoms with Gasteiger partial charge in [-0.15, -0.1) is 6.42 Å². The molecule has 6 nitrogen and oxygen atoms in total. The Morgan fingerprint density at radius 1 is 0.622 bits per heavy atom. The van der Waals surface area contributed by atoms with Gasteiger partial charge in [-0.25, -0.2) is 12.1 Å². The molecule has 37 heavy (non-hydrogen) atoms. The SMILES string of the molecule is CCOC(=O)CCCCCCC(=O)[c-]1[cH-][cH-][cH-][cH-]1.CCOC(=O)CCCCCCC(=O)[c-]1cccc1.[Fe]. The van der Waals surface area contributed by atoms with Gasteiger partial charge in [-0.05, 0) is 39.5 Å². The number of rotatable bonds is 18. The van der Waals surface area contributed by atoms with Crippen LogP contribution in [0.5, 0.6) is 0 Å². The molecule has 0 saturated heterocycles. The van der Waals surface area contributed by atoms with E-state index in [9.17, 15) is 19.2 Å². The van der Waals surface area contributed by atoms with Gasteiger partial charge in [0, 0.05) is 29.9 Å². The molecule has 212 valence electrons. The van der Waals surface area contributed by atoms with Crippen molar-refractivity contribution in [3.05, 3.63) is 59.7 Å². The number of Topliss-reactive ketones (excluding diaryl/α,β-unsaturated/α-hetero) is 2. The molecule has 7 heteroatoms. The third-order valence-corrected chi connectivity index (χ3v) is 5.65. The van der Waals surface area contributed by atoms with E-state index in [4.69, 9.17) is 9.47 Å². The molecule has 0 fully saturated rings. The Morgan fingerprint density at radius 2 is 1.03 bits per heavy atom. The number of ketones is 2. The molecule has 0 aromatic heterocycles. The van der Waals surface area contributed by atoms with Crippen molar-refractivity contribution in [2.24, 2.45) is 0 Å². The van der Waals surface area contributed by atoms with Gasteiger partial charge in [-0.3, -0.25) is 15.4 Å². The number of esters is 2. The van der Waals surface area contributed by atoms with Gasteiger partial charge in [0.15, 0.2) is 0 Å². The second kappa shape index (κ2) is 22.7. The summed E-state index contributed by atoms with van der Waals surface area (Å²) in [6.07, 6.45) is 9.62. The van der Waals surface area contributed by atoms with Crippen LogP contribution in [0, 0.1) is 0 Å². The maximum atomic E-state index is 11.7. The van der Waals surface area contributed by atoms with Gasteiger partial charge in [-0.1, -0.05) is 37.7 Å². The van der Waals surface area contributed by atoms with Gasteiger partial charge in [-0.2, -0.15) is 12.1 Å². The van der Waals surface area contributed by atoms with E-state index < -0.39 is 0 Å². The zero-order valence-electron chi connectivity index (χ0n) is 22.3.